The van der Waals surface area contributed by atoms with Gasteiger partial charge in [0.15, 0.2) is 0 Å². The van der Waals surface area contributed by atoms with Crippen molar-refractivity contribution in [3.05, 3.63) is 12.2 Å². The van der Waals surface area contributed by atoms with E-state index in [1.54, 1.807) is 6.92 Å². The van der Waals surface area contributed by atoms with Gasteiger partial charge in [0.25, 0.3) is 0 Å². The van der Waals surface area contributed by atoms with E-state index in [9.17, 15) is 4.79 Å². The van der Waals surface area contributed by atoms with Gasteiger partial charge in [-0.1, -0.05) is 12.2 Å². The molecule has 0 heterocycles. The molecule has 0 saturated heterocycles. The molecule has 1 rings (SSSR count). The van der Waals surface area contributed by atoms with Crippen LogP contribution in [0, 0.1) is 5.92 Å². The molecule has 0 saturated carbocycles. The summed E-state index contributed by atoms with van der Waals surface area (Å²) >= 11 is 0. The smallest absolute Gasteiger partial charge is 0.227 e. The van der Waals surface area contributed by atoms with Gasteiger partial charge in [0.05, 0.1) is 12.0 Å². The lowest BCUT2D eigenvalue weighted by atomic mass is 10.1. The standard InChI is InChI=1S/C9H16N2O2/c1-6(12)5-11-9(13)7-2-3-8(10)4-7/h2-3,6-8,12H,4-5,10H2,1H3,(H,11,13)/t6-,7?,8?/m0/s1. The fourth-order valence-corrected chi connectivity index (χ4v) is 1.30. The van der Waals surface area contributed by atoms with Gasteiger partial charge in [0, 0.05) is 12.6 Å². The number of hydrogen-bond acceptors (Lipinski definition) is 3. The van der Waals surface area contributed by atoms with E-state index in [4.69, 9.17) is 10.8 Å². The van der Waals surface area contributed by atoms with Crippen LogP contribution in [-0.2, 0) is 4.79 Å². The second-order valence-corrected chi connectivity index (χ2v) is 3.49. The highest BCUT2D eigenvalue weighted by Crippen LogP contribution is 2.15. The van der Waals surface area contributed by atoms with Gasteiger partial charge < -0.3 is 16.2 Å². The lowest BCUT2D eigenvalue weighted by Gasteiger charge is -2.11. The van der Waals surface area contributed by atoms with Gasteiger partial charge in [-0.05, 0) is 13.3 Å². The Kier molecular flexibility index (Phi) is 3.45. The molecule has 4 heteroatoms. The lowest BCUT2D eigenvalue weighted by molar-refractivity contribution is -0.124. The van der Waals surface area contributed by atoms with Gasteiger partial charge in [-0.2, -0.15) is 0 Å². The van der Waals surface area contributed by atoms with Crippen molar-refractivity contribution >= 4 is 5.91 Å². The van der Waals surface area contributed by atoms with E-state index in [1.807, 2.05) is 12.2 Å². The van der Waals surface area contributed by atoms with E-state index in [2.05, 4.69) is 5.32 Å². The van der Waals surface area contributed by atoms with Crippen molar-refractivity contribution in [3.63, 3.8) is 0 Å². The first-order valence-electron chi connectivity index (χ1n) is 4.49. The third kappa shape index (κ3) is 3.16. The Morgan fingerprint density at radius 3 is 2.92 bits per heavy atom. The number of aliphatic hydroxyl groups excluding tert-OH is 1. The predicted molar refractivity (Wildman–Crippen MR) is 49.9 cm³/mol. The van der Waals surface area contributed by atoms with E-state index in [-0.39, 0.29) is 17.9 Å². The zero-order valence-electron chi connectivity index (χ0n) is 7.73. The van der Waals surface area contributed by atoms with Crippen LogP contribution in [0.4, 0.5) is 0 Å². The average Bonchev–Trinajstić information content (AvgIpc) is 2.47. The predicted octanol–water partition coefficient (Wildman–Crippen LogP) is -0.613. The molecule has 0 aromatic heterocycles. The molecule has 1 amide bonds. The van der Waals surface area contributed by atoms with Gasteiger partial charge in [-0.3, -0.25) is 4.79 Å². The maximum absolute atomic E-state index is 11.4. The number of aliphatic hydroxyl groups is 1. The van der Waals surface area contributed by atoms with E-state index >= 15 is 0 Å². The van der Waals surface area contributed by atoms with Crippen LogP contribution in [0.25, 0.3) is 0 Å². The first kappa shape index (κ1) is 10.2. The number of carbonyl (C=O) groups is 1. The van der Waals surface area contributed by atoms with E-state index in [1.165, 1.54) is 0 Å². The van der Waals surface area contributed by atoms with Gasteiger partial charge in [-0.25, -0.2) is 0 Å². The molecular weight excluding hydrogens is 168 g/mol. The Morgan fingerprint density at radius 1 is 1.77 bits per heavy atom. The summed E-state index contributed by atoms with van der Waals surface area (Å²) in [7, 11) is 0. The Hall–Kier alpha value is -0.870. The largest absolute Gasteiger partial charge is 0.392 e. The summed E-state index contributed by atoms with van der Waals surface area (Å²) < 4.78 is 0. The van der Waals surface area contributed by atoms with Crippen molar-refractivity contribution in [2.45, 2.75) is 25.5 Å². The van der Waals surface area contributed by atoms with Crippen LogP contribution in [0.5, 0.6) is 0 Å². The summed E-state index contributed by atoms with van der Waals surface area (Å²) in [6, 6.07) is 0.00213. The molecule has 0 aromatic rings. The molecule has 1 aliphatic carbocycles. The topological polar surface area (TPSA) is 75.3 Å². The Labute approximate surface area is 77.8 Å². The molecule has 3 atom stereocenters. The molecular formula is C9H16N2O2. The molecule has 74 valence electrons. The second kappa shape index (κ2) is 4.39. The molecule has 2 unspecified atom stereocenters. The van der Waals surface area contributed by atoms with Crippen LogP contribution in [0.15, 0.2) is 12.2 Å². The average molecular weight is 184 g/mol. The number of nitrogens with two attached hydrogens (primary N) is 1. The fourth-order valence-electron chi connectivity index (χ4n) is 1.30. The molecule has 13 heavy (non-hydrogen) atoms. The zero-order valence-corrected chi connectivity index (χ0v) is 7.73. The Balaban J connectivity index is 2.29. The minimum atomic E-state index is -0.497. The first-order chi connectivity index (χ1) is 6.09. The minimum Gasteiger partial charge on any atom is -0.392 e. The third-order valence-electron chi connectivity index (χ3n) is 2.03. The van der Waals surface area contributed by atoms with E-state index in [0.29, 0.717) is 13.0 Å². The van der Waals surface area contributed by atoms with Crippen LogP contribution in [0.1, 0.15) is 13.3 Å². The quantitative estimate of drug-likeness (QED) is 0.512. The zero-order chi connectivity index (χ0) is 9.84. The summed E-state index contributed by atoms with van der Waals surface area (Å²) in [6.45, 7) is 1.94. The second-order valence-electron chi connectivity index (χ2n) is 3.49. The molecule has 0 fully saturated rings. The normalized spacial score (nSPS) is 28.8. The summed E-state index contributed by atoms with van der Waals surface area (Å²) in [6.07, 6.45) is 3.84. The van der Waals surface area contributed by atoms with Crippen molar-refractivity contribution in [1.29, 1.82) is 0 Å². The Morgan fingerprint density at radius 2 is 2.46 bits per heavy atom. The monoisotopic (exact) mass is 184 g/mol. The van der Waals surface area contributed by atoms with Crippen molar-refractivity contribution in [2.75, 3.05) is 6.54 Å². The van der Waals surface area contributed by atoms with Crippen molar-refractivity contribution in [2.24, 2.45) is 11.7 Å². The summed E-state index contributed by atoms with van der Waals surface area (Å²) in [5.74, 6) is -0.168. The van der Waals surface area contributed by atoms with Crippen LogP contribution in [0.2, 0.25) is 0 Å². The first-order valence-corrected chi connectivity index (χ1v) is 4.49. The number of amides is 1. The highest BCUT2D eigenvalue weighted by atomic mass is 16.3. The summed E-state index contributed by atoms with van der Waals surface area (Å²) in [5.41, 5.74) is 5.60. The molecule has 1 aliphatic rings. The molecule has 0 aliphatic heterocycles. The van der Waals surface area contributed by atoms with Gasteiger partial charge >= 0.3 is 0 Å². The van der Waals surface area contributed by atoms with Crippen LogP contribution in [0.3, 0.4) is 0 Å². The molecule has 0 bridgehead atoms. The van der Waals surface area contributed by atoms with Crippen LogP contribution < -0.4 is 11.1 Å². The summed E-state index contributed by atoms with van der Waals surface area (Å²) in [4.78, 5) is 11.4. The number of hydrogen-bond donors (Lipinski definition) is 3. The Bertz CT molecular complexity index is 214. The van der Waals surface area contributed by atoms with Gasteiger partial charge in [-0.15, -0.1) is 0 Å². The molecule has 0 spiro atoms. The van der Waals surface area contributed by atoms with Crippen LogP contribution in [-0.4, -0.2) is 29.7 Å². The van der Waals surface area contributed by atoms with Gasteiger partial charge in [0.1, 0.15) is 0 Å². The van der Waals surface area contributed by atoms with Gasteiger partial charge in [0.2, 0.25) is 5.91 Å². The fraction of sp³-hybridized carbons (Fsp3) is 0.667. The number of carbonyl (C=O) groups excluding carboxylic acids is 1. The minimum absolute atomic E-state index is 0.00213. The highest BCUT2D eigenvalue weighted by molar-refractivity contribution is 5.81. The highest BCUT2D eigenvalue weighted by Gasteiger charge is 2.22. The lowest BCUT2D eigenvalue weighted by Crippen LogP contribution is -2.35. The molecule has 0 radical (unpaired) electrons. The number of rotatable bonds is 3. The van der Waals surface area contributed by atoms with Crippen molar-refractivity contribution in [1.82, 2.24) is 5.32 Å². The van der Waals surface area contributed by atoms with Crippen LogP contribution >= 0.6 is 0 Å². The molecule has 4 N–H and O–H groups in total. The molecule has 4 nitrogen and oxygen atoms in total. The number of nitrogens with one attached hydrogen (secondary N) is 1. The maximum Gasteiger partial charge on any atom is 0.227 e. The van der Waals surface area contributed by atoms with E-state index in [0.717, 1.165) is 0 Å². The SMILES string of the molecule is C[C@H](O)CNC(=O)C1C=CC(N)C1. The maximum atomic E-state index is 11.4. The van der Waals surface area contributed by atoms with Crippen molar-refractivity contribution < 1.29 is 9.90 Å². The van der Waals surface area contributed by atoms with E-state index < -0.39 is 6.10 Å². The molecule has 0 aromatic carbocycles. The third-order valence-corrected chi connectivity index (χ3v) is 2.03. The van der Waals surface area contributed by atoms with Crippen molar-refractivity contribution in [3.8, 4) is 0 Å². The summed E-state index contributed by atoms with van der Waals surface area (Å²) in [5, 5.41) is 11.6.